The first-order chi connectivity index (χ1) is 10.2. The van der Waals surface area contributed by atoms with Crippen LogP contribution in [0.25, 0.3) is 0 Å². The zero-order valence-corrected chi connectivity index (χ0v) is 13.1. The van der Waals surface area contributed by atoms with Gasteiger partial charge in [0.2, 0.25) is 5.76 Å². The van der Waals surface area contributed by atoms with Gasteiger partial charge in [0.05, 0.1) is 5.69 Å². The molecule has 118 valence electrons. The predicted molar refractivity (Wildman–Crippen MR) is 82.1 cm³/mol. The maximum Gasteiger partial charge on any atom is 0.290 e. The number of hydrogen-bond donors (Lipinski definition) is 2. The summed E-state index contributed by atoms with van der Waals surface area (Å²) < 4.78 is 5.23. The molecule has 0 spiro atoms. The Hall–Kier alpha value is -1.36. The Morgan fingerprint density at radius 3 is 2.81 bits per heavy atom. The molecule has 0 saturated heterocycles. The Bertz CT molecular complexity index is 454. The number of carbonyl (C=O) groups excluding carboxylic acids is 1. The lowest BCUT2D eigenvalue weighted by Gasteiger charge is -2.30. The van der Waals surface area contributed by atoms with Gasteiger partial charge in [-0.15, -0.1) is 0 Å². The quantitative estimate of drug-likeness (QED) is 0.845. The fourth-order valence-corrected chi connectivity index (χ4v) is 3.21. The van der Waals surface area contributed by atoms with Gasteiger partial charge in [-0.05, 0) is 38.1 Å². The van der Waals surface area contributed by atoms with E-state index in [1.165, 1.54) is 6.42 Å². The Kier molecular flexibility index (Phi) is 5.79. The molecule has 0 bridgehead atoms. The molecule has 5 heteroatoms. The molecular formula is C16H27N3O2. The Morgan fingerprint density at radius 2 is 2.14 bits per heavy atom. The van der Waals surface area contributed by atoms with Crippen molar-refractivity contribution in [1.82, 2.24) is 10.5 Å². The van der Waals surface area contributed by atoms with E-state index in [0.717, 1.165) is 37.8 Å². The lowest BCUT2D eigenvalue weighted by molar-refractivity contribution is 0.0870. The highest BCUT2D eigenvalue weighted by Gasteiger charge is 2.27. The smallest absolute Gasteiger partial charge is 0.290 e. The van der Waals surface area contributed by atoms with Gasteiger partial charge in [0.15, 0.2) is 0 Å². The van der Waals surface area contributed by atoms with Crippen molar-refractivity contribution in [2.75, 3.05) is 6.54 Å². The van der Waals surface area contributed by atoms with Crippen molar-refractivity contribution in [2.24, 2.45) is 11.7 Å². The van der Waals surface area contributed by atoms with Gasteiger partial charge in [-0.3, -0.25) is 4.79 Å². The molecule has 2 unspecified atom stereocenters. The molecule has 2 atom stereocenters. The number of carbonyl (C=O) groups is 1. The van der Waals surface area contributed by atoms with Gasteiger partial charge in [-0.2, -0.15) is 0 Å². The van der Waals surface area contributed by atoms with Crippen LogP contribution >= 0.6 is 0 Å². The number of rotatable bonds is 6. The third-order valence-corrected chi connectivity index (χ3v) is 4.68. The van der Waals surface area contributed by atoms with Crippen molar-refractivity contribution in [1.29, 1.82) is 0 Å². The fraction of sp³-hybridized carbons (Fsp3) is 0.750. The summed E-state index contributed by atoms with van der Waals surface area (Å²) in [7, 11) is 0. The first-order valence-corrected chi connectivity index (χ1v) is 8.17. The van der Waals surface area contributed by atoms with E-state index < -0.39 is 0 Å². The number of amides is 1. The Labute approximate surface area is 126 Å². The number of nitrogens with two attached hydrogens (primary N) is 1. The highest BCUT2D eigenvalue weighted by atomic mass is 16.5. The highest BCUT2D eigenvalue weighted by Crippen LogP contribution is 2.25. The van der Waals surface area contributed by atoms with Crippen molar-refractivity contribution in [3.8, 4) is 0 Å². The molecule has 0 aromatic carbocycles. The Balaban J connectivity index is 1.99. The van der Waals surface area contributed by atoms with E-state index in [0.29, 0.717) is 24.1 Å². The normalized spacial score (nSPS) is 22.5. The summed E-state index contributed by atoms with van der Waals surface area (Å²) in [5.41, 5.74) is 6.68. The lowest BCUT2D eigenvalue weighted by Crippen LogP contribution is -2.44. The van der Waals surface area contributed by atoms with Crippen molar-refractivity contribution >= 4 is 5.91 Å². The van der Waals surface area contributed by atoms with Crippen LogP contribution in [-0.2, 0) is 0 Å². The summed E-state index contributed by atoms with van der Waals surface area (Å²) in [5.74, 6) is 0.897. The van der Waals surface area contributed by atoms with Gasteiger partial charge < -0.3 is 15.6 Å². The molecule has 1 fully saturated rings. The van der Waals surface area contributed by atoms with E-state index in [1.54, 1.807) is 6.07 Å². The van der Waals surface area contributed by atoms with Gasteiger partial charge >= 0.3 is 0 Å². The first kappa shape index (κ1) is 16.0. The zero-order valence-electron chi connectivity index (χ0n) is 13.1. The SMILES string of the molecule is CCC(CC)c1cc(C(=O)NC2CCCCC2CN)on1. The minimum Gasteiger partial charge on any atom is -0.351 e. The minimum absolute atomic E-state index is 0.162. The number of nitrogens with zero attached hydrogens (tertiary/aromatic N) is 1. The summed E-state index contributed by atoms with van der Waals surface area (Å²) in [6.07, 6.45) is 6.45. The number of hydrogen-bond acceptors (Lipinski definition) is 4. The van der Waals surface area contributed by atoms with Crippen molar-refractivity contribution in [3.05, 3.63) is 17.5 Å². The summed E-state index contributed by atoms with van der Waals surface area (Å²) in [6.45, 7) is 4.87. The topological polar surface area (TPSA) is 81.2 Å². The molecule has 1 aromatic rings. The van der Waals surface area contributed by atoms with Crippen LogP contribution in [0.3, 0.4) is 0 Å². The standard InChI is InChI=1S/C16H27N3O2/c1-3-11(4-2)14-9-15(21-19-14)16(20)18-13-8-6-5-7-12(13)10-17/h9,11-13H,3-8,10,17H2,1-2H3,(H,18,20). The monoisotopic (exact) mass is 293 g/mol. The van der Waals surface area contributed by atoms with Crippen LogP contribution < -0.4 is 11.1 Å². The molecule has 3 N–H and O–H groups in total. The van der Waals surface area contributed by atoms with Gasteiger partial charge in [-0.25, -0.2) is 0 Å². The van der Waals surface area contributed by atoms with E-state index in [2.05, 4.69) is 24.3 Å². The van der Waals surface area contributed by atoms with Crippen molar-refractivity contribution in [2.45, 2.75) is 64.3 Å². The first-order valence-electron chi connectivity index (χ1n) is 8.17. The van der Waals surface area contributed by atoms with Crippen LogP contribution in [0.1, 0.15) is 74.5 Å². The molecule has 1 aromatic heterocycles. The molecule has 1 heterocycles. The Morgan fingerprint density at radius 1 is 1.43 bits per heavy atom. The van der Waals surface area contributed by atoms with Crippen LogP contribution in [0.5, 0.6) is 0 Å². The number of nitrogens with one attached hydrogen (secondary N) is 1. The maximum absolute atomic E-state index is 12.3. The van der Waals surface area contributed by atoms with Crippen LogP contribution in [0, 0.1) is 5.92 Å². The van der Waals surface area contributed by atoms with E-state index in [-0.39, 0.29) is 11.9 Å². The van der Waals surface area contributed by atoms with Gasteiger partial charge in [0.25, 0.3) is 5.91 Å². The predicted octanol–water partition coefficient (Wildman–Crippen LogP) is 2.83. The summed E-state index contributed by atoms with van der Waals surface area (Å²) in [4.78, 5) is 12.3. The average Bonchev–Trinajstić information content (AvgIpc) is 2.99. The minimum atomic E-state index is -0.162. The van der Waals surface area contributed by atoms with Crippen LogP contribution in [0.4, 0.5) is 0 Å². The second-order valence-electron chi connectivity index (χ2n) is 5.99. The largest absolute Gasteiger partial charge is 0.351 e. The molecule has 1 amide bonds. The fourth-order valence-electron chi connectivity index (χ4n) is 3.21. The molecule has 0 aliphatic heterocycles. The maximum atomic E-state index is 12.3. The third kappa shape index (κ3) is 3.84. The second-order valence-corrected chi connectivity index (χ2v) is 5.99. The van der Waals surface area contributed by atoms with Crippen LogP contribution in [0.15, 0.2) is 10.6 Å². The van der Waals surface area contributed by atoms with E-state index in [4.69, 9.17) is 10.3 Å². The summed E-state index contributed by atoms with van der Waals surface area (Å²) >= 11 is 0. The second kappa shape index (κ2) is 7.59. The molecular weight excluding hydrogens is 266 g/mol. The van der Waals surface area contributed by atoms with Gasteiger partial charge in [0, 0.05) is 18.0 Å². The van der Waals surface area contributed by atoms with Crippen LogP contribution in [-0.4, -0.2) is 23.7 Å². The van der Waals surface area contributed by atoms with Crippen molar-refractivity contribution in [3.63, 3.8) is 0 Å². The van der Waals surface area contributed by atoms with Crippen molar-refractivity contribution < 1.29 is 9.32 Å². The van der Waals surface area contributed by atoms with E-state index in [9.17, 15) is 4.79 Å². The van der Waals surface area contributed by atoms with Crippen LogP contribution in [0.2, 0.25) is 0 Å². The molecule has 0 radical (unpaired) electrons. The molecule has 1 aliphatic rings. The highest BCUT2D eigenvalue weighted by molar-refractivity contribution is 5.91. The third-order valence-electron chi connectivity index (χ3n) is 4.68. The van der Waals surface area contributed by atoms with Gasteiger partial charge in [0.1, 0.15) is 0 Å². The molecule has 1 aliphatic carbocycles. The summed E-state index contributed by atoms with van der Waals surface area (Å²) in [6, 6.07) is 1.95. The van der Waals surface area contributed by atoms with E-state index >= 15 is 0 Å². The van der Waals surface area contributed by atoms with E-state index in [1.807, 2.05) is 0 Å². The molecule has 5 nitrogen and oxygen atoms in total. The zero-order chi connectivity index (χ0) is 15.2. The number of aromatic nitrogens is 1. The van der Waals surface area contributed by atoms with Gasteiger partial charge in [-0.1, -0.05) is 31.8 Å². The molecule has 21 heavy (non-hydrogen) atoms. The summed E-state index contributed by atoms with van der Waals surface area (Å²) in [5, 5.41) is 7.12. The molecule has 1 saturated carbocycles. The lowest BCUT2D eigenvalue weighted by atomic mass is 9.84. The molecule has 2 rings (SSSR count). The average molecular weight is 293 g/mol.